The van der Waals surface area contributed by atoms with E-state index in [2.05, 4.69) is 44.7 Å². The van der Waals surface area contributed by atoms with Gasteiger partial charge in [-0.25, -0.2) is 104 Å². The SMILES string of the molecule is CN1C(N(C(=O)OC(C)(C)C)C(=O)OC(C)(C)C)=N[C@](C)(c2cc(B3OC(C)(C)C(C)(C)O3)ccc2F)CS1(=O)=O.CN1C(N)=N[C@](C)(c2cc(/C=C(\F)c3ccc(OC(F)(F)F)cn3)ccc2F)CS1(=O)=O.CN1C(NC(=O)OC(C)(C)C)=N[C@](C)(c2cc(/C=C(\F)c3ccc(OC(F)(F)F)cn3)ccc2F)CS1(=O)=O.Cc1ccc(/C(F)=C/I)nc1. The Kier molecular flexibility index (Phi) is 30.0. The Bertz CT molecular complexity index is 5480. The highest BCUT2D eigenvalue weighted by Crippen LogP contribution is 2.42. The predicted molar refractivity (Wildman–Crippen MR) is 444 cm³/mol. The molecule has 3 aromatic carbocycles. The Hall–Kier alpha value is -10.1. The lowest BCUT2D eigenvalue weighted by molar-refractivity contribution is -0.275. The summed E-state index contributed by atoms with van der Waals surface area (Å²) in [5, 5.41) is 2.26. The smallest absolute Gasteiger partial charge is 0.444 e. The molecule has 45 heteroatoms. The van der Waals surface area contributed by atoms with E-state index in [-0.39, 0.29) is 51.0 Å². The fourth-order valence-electron chi connectivity index (χ4n) is 11.4. The van der Waals surface area contributed by atoms with Crippen molar-refractivity contribution >= 4 is 131 Å². The molecule has 6 aromatic rings. The first-order valence-corrected chi connectivity index (χ1v) is 42.6. The van der Waals surface area contributed by atoms with E-state index in [1.54, 1.807) is 74.6 Å². The highest BCUT2D eigenvalue weighted by atomic mass is 127. The Morgan fingerprint density at radius 2 is 0.894 bits per heavy atom. The molecule has 123 heavy (non-hydrogen) atoms. The zero-order valence-electron chi connectivity index (χ0n) is 70.0. The number of amides is 3. The molecule has 0 aliphatic carbocycles. The number of carbonyl (C=O) groups is 3. The van der Waals surface area contributed by atoms with Crippen molar-refractivity contribution in [2.75, 3.05) is 38.4 Å². The first-order chi connectivity index (χ1) is 56.0. The van der Waals surface area contributed by atoms with Crippen LogP contribution >= 0.6 is 22.6 Å². The number of rotatable bonds is 11. The molecule has 0 saturated carbocycles. The third kappa shape index (κ3) is 26.5. The van der Waals surface area contributed by atoms with E-state index in [4.69, 9.17) is 29.3 Å². The minimum Gasteiger partial charge on any atom is -0.444 e. The predicted octanol–water partition coefficient (Wildman–Crippen LogP) is 15.6. The largest absolute Gasteiger partial charge is 0.573 e. The minimum absolute atomic E-state index is 0.0794. The summed E-state index contributed by atoms with van der Waals surface area (Å²) in [6.07, 6.45) is -8.30. The first kappa shape index (κ1) is 100.0. The zero-order valence-corrected chi connectivity index (χ0v) is 74.6. The number of alkyl carbamates (subject to hydrolysis) is 1. The number of nitrogens with one attached hydrogen (secondary N) is 1. The van der Waals surface area contributed by atoms with Crippen molar-refractivity contribution in [3.8, 4) is 11.5 Å². The van der Waals surface area contributed by atoms with Crippen LogP contribution in [-0.4, -0.2) is 180 Å². The first-order valence-electron chi connectivity index (χ1n) is 36.5. The normalized spacial score (nSPS) is 20.7. The van der Waals surface area contributed by atoms with Gasteiger partial charge in [0.1, 0.15) is 74.0 Å². The second kappa shape index (κ2) is 37.0. The van der Waals surface area contributed by atoms with Crippen LogP contribution in [0.25, 0.3) is 29.6 Å². The molecule has 1 fully saturated rings. The van der Waals surface area contributed by atoms with Gasteiger partial charge in [-0.05, 0) is 235 Å². The number of guanidine groups is 3. The summed E-state index contributed by atoms with van der Waals surface area (Å²) in [6, 6.07) is 18.1. The van der Waals surface area contributed by atoms with Gasteiger partial charge in [0.25, 0.3) is 0 Å². The molecule has 28 nitrogen and oxygen atoms in total. The molecule has 0 bridgehead atoms. The highest BCUT2D eigenvalue weighted by molar-refractivity contribution is 14.1. The van der Waals surface area contributed by atoms with Crippen molar-refractivity contribution < 1.29 is 125 Å². The van der Waals surface area contributed by atoms with Gasteiger partial charge < -0.3 is 38.7 Å². The number of alkyl halides is 6. The number of hydrogen-bond acceptors (Lipinski definition) is 23. The Morgan fingerprint density at radius 3 is 1.28 bits per heavy atom. The van der Waals surface area contributed by atoms with E-state index in [0.29, 0.717) is 32.8 Å². The van der Waals surface area contributed by atoms with Gasteiger partial charge in [-0.1, -0.05) is 30.3 Å². The number of aromatic nitrogens is 3. The number of aliphatic imine (C=N–C) groups is 3. The van der Waals surface area contributed by atoms with Crippen molar-refractivity contribution in [3.63, 3.8) is 0 Å². The van der Waals surface area contributed by atoms with Gasteiger partial charge in [-0.15, -0.1) is 31.2 Å². The zero-order chi connectivity index (χ0) is 93.1. The number of carbonyl (C=O) groups excluding carboxylic acids is 3. The Labute approximate surface area is 717 Å². The van der Waals surface area contributed by atoms with E-state index >= 15 is 4.39 Å². The summed E-state index contributed by atoms with van der Waals surface area (Å²) < 4.78 is 277. The number of benzene rings is 3. The van der Waals surface area contributed by atoms with E-state index in [0.717, 1.165) is 76.8 Å². The maximum Gasteiger partial charge on any atom is 0.573 e. The number of nitrogens with zero attached hydrogens (tertiary/aromatic N) is 10. The lowest BCUT2D eigenvalue weighted by Crippen LogP contribution is -2.58. The van der Waals surface area contributed by atoms with Crippen LogP contribution in [0.15, 0.2) is 129 Å². The van der Waals surface area contributed by atoms with Crippen LogP contribution in [0.5, 0.6) is 11.5 Å². The summed E-state index contributed by atoms with van der Waals surface area (Å²) in [4.78, 5) is 63.3. The average Bonchev–Trinajstić information content (AvgIpc) is 1.56. The summed E-state index contributed by atoms with van der Waals surface area (Å²) >= 11 is 1.85. The second-order valence-corrected chi connectivity index (χ2v) is 39.2. The van der Waals surface area contributed by atoms with Crippen LogP contribution < -0.4 is 26.0 Å². The lowest BCUT2D eigenvalue weighted by Gasteiger charge is -2.39. The third-order valence-corrected chi connectivity index (χ3v) is 24.4. The van der Waals surface area contributed by atoms with Gasteiger partial charge in [-0.3, -0.25) is 10.3 Å². The fraction of sp³-hybridized carbons (Fsp3) is 0.423. The maximum absolute atomic E-state index is 15.5. The molecule has 3 aromatic heterocycles. The van der Waals surface area contributed by atoms with Crippen molar-refractivity contribution in [1.29, 1.82) is 0 Å². The monoisotopic (exact) mass is 1910 g/mol. The molecule has 4 aliphatic rings. The van der Waals surface area contributed by atoms with Crippen LogP contribution in [0.4, 0.5) is 67.1 Å². The van der Waals surface area contributed by atoms with Crippen LogP contribution in [-0.2, 0) is 70.2 Å². The van der Waals surface area contributed by atoms with Gasteiger partial charge >= 0.3 is 38.1 Å². The number of imide groups is 1. The molecule has 0 spiro atoms. The number of halogens is 13. The standard InChI is InChI=1S/C27H41BFN3O8S.C24H25F5N4O5S.C19H17F5N4O3S.C8H7FIN/c1-23(2,3)37-21(33)32(22(34)38-24(4,5)6)20-30-27(11,16-41(35,36)31(20)12)18-15-17(13-14-19(18)29)28-39-25(7,8)26(9,10)40-28;1-22(2,3)38-21(34)31-20-32-23(4,13-39(35,36)33(20)5)16-10-14(6-8-17(16)25)11-18(26)19-9-7-15(12-30-19)37-24(27,28)29;1-18(10-32(29,30)28(2)17(25)27-18)13-7-11(3-5-14(13)20)8-15(21)16-6-4-12(9-26-16)31-19(22,23)24;1-6-2-3-8(11-5-6)7(9)4-10/h13-15H,16H2,1-12H3;6-12H,13H2,1-5H3,(H,31,32,34);3-9H,10H2,1-2H3,(H2,25,27);2-5H,1H3/b;18-11-;15-8-;7-4-/t27-;23-;18-;/m000./s1. The molecular formula is C78H90BF12IN12O16S3. The number of hydrogen-bond donors (Lipinski definition) is 2. The number of aryl methyl sites for hydroxylation is 1. The van der Waals surface area contributed by atoms with E-state index in [1.165, 1.54) is 74.4 Å². The topological polar surface area (TPSA) is 345 Å². The van der Waals surface area contributed by atoms with Gasteiger partial charge in [0.15, 0.2) is 5.83 Å². The van der Waals surface area contributed by atoms with Gasteiger partial charge in [0.2, 0.25) is 47.9 Å². The second-order valence-electron chi connectivity index (χ2n) is 32.6. The summed E-state index contributed by atoms with van der Waals surface area (Å²) in [5.74, 6) is -9.02. The van der Waals surface area contributed by atoms with Crippen LogP contribution in [0.2, 0.25) is 0 Å². The summed E-state index contributed by atoms with van der Waals surface area (Å²) in [6.45, 7) is 27.9. The van der Waals surface area contributed by atoms with E-state index in [1.807, 2.05) is 63.3 Å². The average molecular weight is 1910 g/mol. The molecule has 0 unspecified atom stereocenters. The molecule has 4 aliphatic heterocycles. The number of nitrogens with two attached hydrogens (primary N) is 1. The van der Waals surface area contributed by atoms with E-state index < -0.39 is 183 Å². The van der Waals surface area contributed by atoms with Crippen LogP contribution in [0, 0.1) is 24.4 Å². The summed E-state index contributed by atoms with van der Waals surface area (Å²) in [7, 11) is -9.52. The quantitative estimate of drug-likeness (QED) is 0.0526. The molecule has 10 rings (SSSR count). The molecule has 7 heterocycles. The molecule has 3 atom stereocenters. The maximum atomic E-state index is 15.5. The van der Waals surface area contributed by atoms with Gasteiger partial charge in [-0.2, -0.15) is 0 Å². The molecule has 3 amide bonds. The fourth-order valence-corrected chi connectivity index (χ4v) is 16.2. The van der Waals surface area contributed by atoms with Crippen LogP contribution in [0.3, 0.4) is 0 Å². The number of ether oxygens (including phenoxy) is 5. The molecular weight excluding hydrogens is 1820 g/mol. The highest BCUT2D eigenvalue weighted by Gasteiger charge is 2.54. The number of pyridine rings is 3. The lowest BCUT2D eigenvalue weighted by atomic mass is 9.76. The molecule has 0 radical (unpaired) electrons. The number of sulfonamides is 3. The summed E-state index contributed by atoms with van der Waals surface area (Å²) in [5.41, 5.74) is -2.66. The Balaban J connectivity index is 0.000000239. The molecule has 670 valence electrons. The van der Waals surface area contributed by atoms with Crippen molar-refractivity contribution in [3.05, 3.63) is 182 Å². The Morgan fingerprint density at radius 1 is 0.520 bits per heavy atom. The van der Waals surface area contributed by atoms with E-state index in [9.17, 15) is 87.9 Å². The minimum atomic E-state index is -4.94. The van der Waals surface area contributed by atoms with Crippen molar-refractivity contribution in [2.24, 2.45) is 20.7 Å². The van der Waals surface area contributed by atoms with Crippen LogP contribution in [0.1, 0.15) is 161 Å². The van der Waals surface area contributed by atoms with Crippen molar-refractivity contribution in [2.45, 2.75) is 175 Å². The van der Waals surface area contributed by atoms with Crippen molar-refractivity contribution in [1.82, 2.24) is 38.1 Å². The molecule has 3 N–H and O–H groups in total. The third-order valence-electron chi connectivity index (χ3n) is 18.1. The molecule has 1 saturated heterocycles. The van der Waals surface area contributed by atoms with Gasteiger partial charge in [0, 0.05) is 48.1 Å². The van der Waals surface area contributed by atoms with Gasteiger partial charge in [0.05, 0.1) is 57.9 Å².